The number of aryl methyl sites for hydroxylation is 2. The van der Waals surface area contributed by atoms with Gasteiger partial charge < -0.3 is 9.73 Å². The molecular weight excluding hydrogens is 359 g/mol. The van der Waals surface area contributed by atoms with E-state index < -0.39 is 17.6 Å². The summed E-state index contributed by atoms with van der Waals surface area (Å²) in [7, 11) is 0. The molecule has 0 saturated carbocycles. The van der Waals surface area contributed by atoms with Crippen molar-refractivity contribution in [2.45, 2.75) is 25.9 Å². The molecule has 2 aromatic carbocycles. The first-order valence-electron chi connectivity index (χ1n) is 8.18. The summed E-state index contributed by atoms with van der Waals surface area (Å²) in [4.78, 5) is 12.0. The summed E-state index contributed by atoms with van der Waals surface area (Å²) in [6, 6.07) is 12.0. The normalized spacial score (nSPS) is 11.4. The van der Waals surface area contributed by atoms with E-state index in [0.29, 0.717) is 5.89 Å². The van der Waals surface area contributed by atoms with E-state index in [0.717, 1.165) is 23.3 Å². The highest BCUT2D eigenvalue weighted by molar-refractivity contribution is 5.90. The number of amides is 1. The zero-order valence-electron chi connectivity index (χ0n) is 14.4. The minimum Gasteiger partial charge on any atom is -0.421 e. The Morgan fingerprint density at radius 3 is 2.63 bits per heavy atom. The maximum atomic E-state index is 12.7. The lowest BCUT2D eigenvalue weighted by Crippen LogP contribution is -2.13. The molecule has 0 radical (unpaired) electrons. The number of nitrogens with one attached hydrogen (secondary N) is 1. The summed E-state index contributed by atoms with van der Waals surface area (Å²) in [5.74, 6) is 0.207. The van der Waals surface area contributed by atoms with Crippen molar-refractivity contribution >= 4 is 11.6 Å². The van der Waals surface area contributed by atoms with Gasteiger partial charge >= 0.3 is 6.18 Å². The zero-order valence-corrected chi connectivity index (χ0v) is 14.4. The number of rotatable bonds is 5. The zero-order chi connectivity index (χ0) is 19.4. The highest BCUT2D eigenvalue weighted by atomic mass is 19.4. The van der Waals surface area contributed by atoms with Crippen molar-refractivity contribution in [3.63, 3.8) is 0 Å². The van der Waals surface area contributed by atoms with E-state index in [1.165, 1.54) is 12.1 Å². The van der Waals surface area contributed by atoms with Crippen LogP contribution in [0.2, 0.25) is 0 Å². The lowest BCUT2D eigenvalue weighted by molar-refractivity contribution is -0.137. The molecule has 0 spiro atoms. The second-order valence-corrected chi connectivity index (χ2v) is 5.94. The monoisotopic (exact) mass is 375 g/mol. The Labute approximate surface area is 153 Å². The predicted octanol–water partition coefficient (Wildman–Crippen LogP) is 4.64. The molecule has 1 N–H and O–H groups in total. The molecule has 0 aliphatic rings. The third kappa shape index (κ3) is 4.72. The number of benzene rings is 2. The van der Waals surface area contributed by atoms with Crippen LogP contribution in [0.4, 0.5) is 18.9 Å². The molecule has 3 aromatic rings. The van der Waals surface area contributed by atoms with E-state index in [2.05, 4.69) is 15.5 Å². The van der Waals surface area contributed by atoms with Crippen LogP contribution in [0.3, 0.4) is 0 Å². The van der Waals surface area contributed by atoms with Crippen LogP contribution in [0.25, 0.3) is 11.5 Å². The van der Waals surface area contributed by atoms with E-state index in [9.17, 15) is 18.0 Å². The first kappa shape index (κ1) is 18.6. The first-order chi connectivity index (χ1) is 12.8. The lowest BCUT2D eigenvalue weighted by Gasteiger charge is -2.09. The Hall–Kier alpha value is -3.16. The van der Waals surface area contributed by atoms with Gasteiger partial charge in [0, 0.05) is 24.1 Å². The molecule has 0 fully saturated rings. The molecule has 3 rings (SSSR count). The highest BCUT2D eigenvalue weighted by Crippen LogP contribution is 2.30. The van der Waals surface area contributed by atoms with Gasteiger partial charge in [-0.25, -0.2) is 0 Å². The van der Waals surface area contributed by atoms with Crippen molar-refractivity contribution in [3.05, 3.63) is 65.5 Å². The van der Waals surface area contributed by atoms with Crippen molar-refractivity contribution in [1.82, 2.24) is 10.2 Å². The van der Waals surface area contributed by atoms with Crippen LogP contribution in [-0.2, 0) is 17.4 Å². The molecule has 0 aliphatic heterocycles. The van der Waals surface area contributed by atoms with Crippen LogP contribution in [0.5, 0.6) is 0 Å². The molecule has 0 aliphatic carbocycles. The summed E-state index contributed by atoms with van der Waals surface area (Å²) >= 11 is 0. The van der Waals surface area contributed by atoms with E-state index in [1.807, 2.05) is 31.2 Å². The van der Waals surface area contributed by atoms with Crippen molar-refractivity contribution in [3.8, 4) is 11.5 Å². The van der Waals surface area contributed by atoms with Gasteiger partial charge in [0.1, 0.15) is 0 Å². The first-order valence-corrected chi connectivity index (χ1v) is 8.18. The standard InChI is InChI=1S/C19H16F3N3O2/c1-12-5-2-3-8-15(12)18-25-24-17(27-18)10-9-16(26)23-14-7-4-6-13(11-14)19(20,21)22/h2-8,11H,9-10H2,1H3,(H,23,26). The van der Waals surface area contributed by atoms with Gasteiger partial charge in [-0.05, 0) is 36.8 Å². The van der Waals surface area contributed by atoms with Gasteiger partial charge in [-0.15, -0.1) is 10.2 Å². The molecule has 1 heterocycles. The fourth-order valence-electron chi connectivity index (χ4n) is 2.49. The van der Waals surface area contributed by atoms with Crippen LogP contribution < -0.4 is 5.32 Å². The van der Waals surface area contributed by atoms with Crippen LogP contribution >= 0.6 is 0 Å². The number of hydrogen-bond donors (Lipinski definition) is 1. The largest absolute Gasteiger partial charge is 0.421 e. The Morgan fingerprint density at radius 1 is 1.11 bits per heavy atom. The third-order valence-corrected chi connectivity index (χ3v) is 3.88. The molecule has 0 bridgehead atoms. The smallest absolute Gasteiger partial charge is 0.416 e. The Kier molecular flexibility index (Phi) is 5.25. The number of carbonyl (C=O) groups is 1. The minimum atomic E-state index is -4.46. The van der Waals surface area contributed by atoms with Gasteiger partial charge in [0.05, 0.1) is 5.56 Å². The van der Waals surface area contributed by atoms with Gasteiger partial charge in [-0.1, -0.05) is 24.3 Å². The highest BCUT2D eigenvalue weighted by Gasteiger charge is 2.30. The maximum absolute atomic E-state index is 12.7. The SMILES string of the molecule is Cc1ccccc1-c1nnc(CCC(=O)Nc2cccc(C(F)(F)F)c2)o1. The Balaban J connectivity index is 1.60. The second kappa shape index (κ2) is 7.61. The van der Waals surface area contributed by atoms with Gasteiger partial charge in [0.15, 0.2) is 0 Å². The molecule has 1 aromatic heterocycles. The van der Waals surface area contributed by atoms with Gasteiger partial charge in [0.25, 0.3) is 0 Å². The third-order valence-electron chi connectivity index (χ3n) is 3.88. The Morgan fingerprint density at radius 2 is 1.89 bits per heavy atom. The van der Waals surface area contributed by atoms with E-state index in [1.54, 1.807) is 0 Å². The molecule has 5 nitrogen and oxygen atoms in total. The number of hydrogen-bond acceptors (Lipinski definition) is 4. The van der Waals surface area contributed by atoms with Crippen molar-refractivity contribution in [1.29, 1.82) is 0 Å². The van der Waals surface area contributed by atoms with Crippen molar-refractivity contribution in [2.75, 3.05) is 5.32 Å². The number of carbonyl (C=O) groups excluding carboxylic acids is 1. The van der Waals surface area contributed by atoms with Crippen LogP contribution in [0.15, 0.2) is 52.9 Å². The van der Waals surface area contributed by atoms with Crippen LogP contribution in [0, 0.1) is 6.92 Å². The lowest BCUT2D eigenvalue weighted by atomic mass is 10.1. The molecule has 8 heteroatoms. The fourth-order valence-corrected chi connectivity index (χ4v) is 2.49. The second-order valence-electron chi connectivity index (χ2n) is 5.94. The van der Waals surface area contributed by atoms with Gasteiger partial charge in [-0.3, -0.25) is 4.79 Å². The summed E-state index contributed by atoms with van der Waals surface area (Å²) in [6.45, 7) is 1.92. The predicted molar refractivity (Wildman–Crippen MR) is 92.9 cm³/mol. The van der Waals surface area contributed by atoms with E-state index in [-0.39, 0.29) is 24.4 Å². The Bertz CT molecular complexity index is 951. The number of anilines is 1. The van der Waals surface area contributed by atoms with E-state index >= 15 is 0 Å². The molecule has 0 saturated heterocycles. The number of halogens is 3. The van der Waals surface area contributed by atoms with Crippen LogP contribution in [-0.4, -0.2) is 16.1 Å². The van der Waals surface area contributed by atoms with Gasteiger partial charge in [0.2, 0.25) is 17.7 Å². The summed E-state index contributed by atoms with van der Waals surface area (Å²) < 4.78 is 43.7. The number of nitrogens with zero attached hydrogens (tertiary/aromatic N) is 2. The number of aromatic nitrogens is 2. The summed E-state index contributed by atoms with van der Waals surface area (Å²) in [6.07, 6.45) is -4.27. The quantitative estimate of drug-likeness (QED) is 0.706. The molecular formula is C19H16F3N3O2. The molecule has 1 amide bonds. The average molecular weight is 375 g/mol. The molecule has 0 unspecified atom stereocenters. The summed E-state index contributed by atoms with van der Waals surface area (Å²) in [5, 5.41) is 10.3. The van der Waals surface area contributed by atoms with Crippen molar-refractivity contribution in [2.24, 2.45) is 0 Å². The van der Waals surface area contributed by atoms with E-state index in [4.69, 9.17) is 4.42 Å². The number of alkyl halides is 3. The molecule has 0 atom stereocenters. The topological polar surface area (TPSA) is 68.0 Å². The molecule has 27 heavy (non-hydrogen) atoms. The summed E-state index contributed by atoms with van der Waals surface area (Å²) in [5.41, 5.74) is 1.06. The minimum absolute atomic E-state index is 0.00561. The van der Waals surface area contributed by atoms with Crippen molar-refractivity contribution < 1.29 is 22.4 Å². The van der Waals surface area contributed by atoms with Crippen LogP contribution in [0.1, 0.15) is 23.4 Å². The fraction of sp³-hybridized carbons (Fsp3) is 0.211. The maximum Gasteiger partial charge on any atom is 0.416 e. The average Bonchev–Trinajstić information content (AvgIpc) is 3.09. The molecule has 140 valence electrons. The van der Waals surface area contributed by atoms with Gasteiger partial charge in [-0.2, -0.15) is 13.2 Å².